The molecule has 12 rings (SSSR count). The topological polar surface area (TPSA) is 29.5 Å². The molecule has 57 heavy (non-hydrogen) atoms. The Hall–Kier alpha value is -7.62. The molecule has 0 atom stereocenters. The van der Waals surface area contributed by atoms with Crippen LogP contribution in [0.25, 0.3) is 98.4 Å². The lowest BCUT2D eigenvalue weighted by atomic mass is 9.95. The summed E-state index contributed by atoms with van der Waals surface area (Å²) >= 11 is 0. The number of hydrogen-bond acceptors (Lipinski definition) is 3. The molecule has 0 fully saturated rings. The quantitative estimate of drug-likeness (QED) is 0.165. The van der Waals surface area contributed by atoms with E-state index < -0.39 is 0 Å². The van der Waals surface area contributed by atoms with Crippen molar-refractivity contribution in [2.24, 2.45) is 0 Å². The molecule has 2 heterocycles. The predicted octanol–water partition coefficient (Wildman–Crippen LogP) is 15.7. The van der Waals surface area contributed by atoms with E-state index in [1.807, 2.05) is 12.1 Å². The van der Waals surface area contributed by atoms with Crippen LogP contribution in [0.5, 0.6) is 0 Å². The lowest BCUT2D eigenvalue weighted by Crippen LogP contribution is -2.11. The van der Waals surface area contributed by atoms with E-state index in [1.165, 1.54) is 27.1 Å². The van der Waals surface area contributed by atoms with Crippen LogP contribution in [0.3, 0.4) is 0 Å². The minimum absolute atomic E-state index is 0.845. The van der Waals surface area contributed by atoms with Gasteiger partial charge in [-0.25, -0.2) is 0 Å². The number of rotatable bonds is 5. The highest BCUT2D eigenvalue weighted by Gasteiger charge is 2.24. The smallest absolute Gasteiger partial charge is 0.159 e. The zero-order valence-electron chi connectivity index (χ0n) is 30.8. The number of nitrogens with zero attached hydrogens (tertiary/aromatic N) is 1. The zero-order valence-corrected chi connectivity index (χ0v) is 30.8. The molecular weight excluding hydrogens is 695 g/mol. The SMILES string of the molecule is c1ccc(N(c2ccc(-c3ccc4c(ccc5ccccc54)c3)cc2)c2cccc3c2oc2ccccc23)c(-c2cccc3oc4c5ccccc5ccc4c23)c1. The molecule has 0 aliphatic rings. The van der Waals surface area contributed by atoms with Crippen LogP contribution in [0.4, 0.5) is 17.1 Å². The van der Waals surface area contributed by atoms with Crippen LogP contribution in [-0.2, 0) is 0 Å². The summed E-state index contributed by atoms with van der Waals surface area (Å²) in [6.07, 6.45) is 0. The Morgan fingerprint density at radius 2 is 0.895 bits per heavy atom. The van der Waals surface area contributed by atoms with Gasteiger partial charge in [-0.1, -0.05) is 152 Å². The lowest BCUT2D eigenvalue weighted by Gasteiger charge is -2.28. The van der Waals surface area contributed by atoms with Crippen molar-refractivity contribution in [2.75, 3.05) is 4.90 Å². The fourth-order valence-corrected chi connectivity index (χ4v) is 8.99. The summed E-state index contributed by atoms with van der Waals surface area (Å²) in [6.45, 7) is 0. The van der Waals surface area contributed by atoms with Gasteiger partial charge >= 0.3 is 0 Å². The molecule has 12 aromatic rings. The summed E-state index contributed by atoms with van der Waals surface area (Å²) in [5, 5.41) is 11.7. The van der Waals surface area contributed by atoms with Gasteiger partial charge in [-0.2, -0.15) is 0 Å². The molecule has 0 N–H and O–H groups in total. The number of hydrogen-bond donors (Lipinski definition) is 0. The summed E-state index contributed by atoms with van der Waals surface area (Å²) < 4.78 is 13.4. The second kappa shape index (κ2) is 12.5. The van der Waals surface area contributed by atoms with Gasteiger partial charge in [0.15, 0.2) is 5.58 Å². The van der Waals surface area contributed by atoms with Crippen LogP contribution in [0.1, 0.15) is 0 Å². The summed E-state index contributed by atoms with van der Waals surface area (Å²) in [6, 6.07) is 71.5. The third-order valence-electron chi connectivity index (χ3n) is 11.7. The van der Waals surface area contributed by atoms with E-state index >= 15 is 0 Å². The predicted molar refractivity (Wildman–Crippen MR) is 239 cm³/mol. The number of furan rings is 2. The molecule has 0 amide bonds. The fourth-order valence-electron chi connectivity index (χ4n) is 8.99. The molecule has 0 aliphatic carbocycles. The monoisotopic (exact) mass is 727 g/mol. The van der Waals surface area contributed by atoms with Crippen LogP contribution in [0.15, 0.2) is 209 Å². The van der Waals surface area contributed by atoms with Gasteiger partial charge in [0.1, 0.15) is 16.7 Å². The number of para-hydroxylation sites is 3. The number of anilines is 3. The molecule has 0 saturated carbocycles. The first kappa shape index (κ1) is 31.7. The van der Waals surface area contributed by atoms with E-state index in [0.717, 1.165) is 88.4 Å². The third-order valence-corrected chi connectivity index (χ3v) is 11.7. The van der Waals surface area contributed by atoms with E-state index in [1.54, 1.807) is 0 Å². The second-order valence-corrected chi connectivity index (χ2v) is 14.8. The van der Waals surface area contributed by atoms with Gasteiger partial charge in [-0.15, -0.1) is 0 Å². The van der Waals surface area contributed by atoms with Gasteiger partial charge in [0, 0.05) is 38.2 Å². The van der Waals surface area contributed by atoms with E-state index in [4.69, 9.17) is 8.83 Å². The van der Waals surface area contributed by atoms with Crippen molar-refractivity contribution in [1.82, 2.24) is 0 Å². The molecular formula is C54H33NO2. The Labute approximate surface area is 328 Å². The van der Waals surface area contributed by atoms with Crippen molar-refractivity contribution in [2.45, 2.75) is 0 Å². The average Bonchev–Trinajstić information content (AvgIpc) is 3.86. The minimum atomic E-state index is 0.845. The molecule has 10 aromatic carbocycles. The van der Waals surface area contributed by atoms with Crippen molar-refractivity contribution in [3.8, 4) is 22.3 Å². The molecule has 0 radical (unpaired) electrons. The Bertz CT molecular complexity index is 3530. The van der Waals surface area contributed by atoms with Crippen molar-refractivity contribution in [3.05, 3.63) is 200 Å². The zero-order chi connectivity index (χ0) is 37.5. The third kappa shape index (κ3) is 4.92. The van der Waals surface area contributed by atoms with Crippen molar-refractivity contribution in [1.29, 1.82) is 0 Å². The highest BCUT2D eigenvalue weighted by atomic mass is 16.3. The van der Waals surface area contributed by atoms with E-state index in [2.05, 4.69) is 193 Å². The van der Waals surface area contributed by atoms with Crippen LogP contribution >= 0.6 is 0 Å². The first-order valence-electron chi connectivity index (χ1n) is 19.4. The van der Waals surface area contributed by atoms with Gasteiger partial charge in [0.25, 0.3) is 0 Å². The molecule has 2 aromatic heterocycles. The van der Waals surface area contributed by atoms with Gasteiger partial charge < -0.3 is 13.7 Å². The highest BCUT2D eigenvalue weighted by Crippen LogP contribution is 2.48. The van der Waals surface area contributed by atoms with Gasteiger partial charge in [-0.05, 0) is 92.2 Å². The first-order valence-corrected chi connectivity index (χ1v) is 19.4. The maximum atomic E-state index is 6.72. The summed E-state index contributed by atoms with van der Waals surface area (Å²) in [7, 11) is 0. The maximum absolute atomic E-state index is 6.72. The molecule has 3 nitrogen and oxygen atoms in total. The highest BCUT2D eigenvalue weighted by molar-refractivity contribution is 6.20. The summed E-state index contributed by atoms with van der Waals surface area (Å²) in [5.41, 5.74) is 11.1. The standard InChI is InChI=1S/C54H33NO2/c1-3-13-40-35(11-1)23-24-38-33-37(28-31-41(38)40)34-25-29-39(30-26-34)55(49-20-9-18-46-44-16-6-8-21-50(44)56-54(46)49)48-19-7-5-15-43(48)45-17-10-22-51-52(45)47-32-27-36-12-2-4-14-42(36)53(47)57-51/h1-33H. The molecule has 0 unspecified atom stereocenters. The Morgan fingerprint density at radius 1 is 0.316 bits per heavy atom. The molecule has 0 bridgehead atoms. The van der Waals surface area contributed by atoms with E-state index in [9.17, 15) is 0 Å². The van der Waals surface area contributed by atoms with Crippen molar-refractivity contribution in [3.63, 3.8) is 0 Å². The number of fused-ring (bicyclic) bond motifs is 11. The Balaban J connectivity index is 1.06. The normalized spacial score (nSPS) is 11.9. The molecule has 0 spiro atoms. The summed E-state index contributed by atoms with van der Waals surface area (Å²) in [4.78, 5) is 2.35. The van der Waals surface area contributed by atoms with Gasteiger partial charge in [0.05, 0.1) is 11.4 Å². The van der Waals surface area contributed by atoms with Crippen molar-refractivity contribution < 1.29 is 8.83 Å². The minimum Gasteiger partial charge on any atom is -0.455 e. The Kier molecular flexibility index (Phi) is 6.93. The van der Waals surface area contributed by atoms with Crippen LogP contribution < -0.4 is 4.90 Å². The average molecular weight is 728 g/mol. The van der Waals surface area contributed by atoms with Crippen LogP contribution in [-0.4, -0.2) is 0 Å². The first-order chi connectivity index (χ1) is 28.3. The molecule has 0 aliphatic heterocycles. The second-order valence-electron chi connectivity index (χ2n) is 14.8. The van der Waals surface area contributed by atoms with E-state index in [-0.39, 0.29) is 0 Å². The van der Waals surface area contributed by atoms with Crippen LogP contribution in [0.2, 0.25) is 0 Å². The lowest BCUT2D eigenvalue weighted by molar-refractivity contribution is 0.669. The maximum Gasteiger partial charge on any atom is 0.159 e. The van der Waals surface area contributed by atoms with Crippen LogP contribution in [0, 0.1) is 0 Å². The Morgan fingerprint density at radius 3 is 1.79 bits per heavy atom. The van der Waals surface area contributed by atoms with Gasteiger partial charge in [0.2, 0.25) is 0 Å². The van der Waals surface area contributed by atoms with E-state index in [0.29, 0.717) is 0 Å². The molecule has 3 heteroatoms. The fraction of sp³-hybridized carbons (Fsp3) is 0. The van der Waals surface area contributed by atoms with Gasteiger partial charge in [-0.3, -0.25) is 0 Å². The van der Waals surface area contributed by atoms with Crippen molar-refractivity contribution >= 4 is 93.3 Å². The molecule has 266 valence electrons. The molecule has 0 saturated heterocycles. The largest absolute Gasteiger partial charge is 0.455 e. The summed E-state index contributed by atoms with van der Waals surface area (Å²) in [5.74, 6) is 0. The number of benzene rings is 10.